The highest BCUT2D eigenvalue weighted by molar-refractivity contribution is 7.71. The van der Waals surface area contributed by atoms with Crippen molar-refractivity contribution in [1.29, 1.82) is 5.26 Å². The van der Waals surface area contributed by atoms with Crippen LogP contribution in [0.4, 0.5) is 0 Å². The number of hydrogen-bond donors (Lipinski definition) is 0. The van der Waals surface area contributed by atoms with Crippen molar-refractivity contribution < 1.29 is 13.9 Å². The van der Waals surface area contributed by atoms with Crippen molar-refractivity contribution in [1.82, 2.24) is 14.7 Å². The molecule has 136 valence electrons. The normalized spacial score (nSPS) is 12.3. The summed E-state index contributed by atoms with van der Waals surface area (Å²) >= 11 is 5.30. The van der Waals surface area contributed by atoms with E-state index in [4.69, 9.17) is 31.4 Å². The van der Waals surface area contributed by atoms with E-state index in [9.17, 15) is 0 Å². The molecule has 0 bridgehead atoms. The largest absolute Gasteiger partial charge is 0.454 e. The van der Waals surface area contributed by atoms with Gasteiger partial charge in [-0.05, 0) is 55.2 Å². The van der Waals surface area contributed by atoms with E-state index >= 15 is 0 Å². The Kier molecular flexibility index (Phi) is 4.62. The fourth-order valence-electron chi connectivity index (χ4n) is 2.87. The maximum Gasteiger partial charge on any atom is 0.288 e. The Balaban J connectivity index is 1.50. The van der Waals surface area contributed by atoms with Gasteiger partial charge in [0.2, 0.25) is 12.7 Å². The molecule has 27 heavy (non-hydrogen) atoms. The average Bonchev–Trinajstić information content (AvgIpc) is 3.28. The van der Waals surface area contributed by atoms with Crippen LogP contribution < -0.4 is 9.47 Å². The van der Waals surface area contributed by atoms with Crippen molar-refractivity contribution in [3.63, 3.8) is 0 Å². The Morgan fingerprint density at radius 3 is 2.93 bits per heavy atom. The third-order valence-electron chi connectivity index (χ3n) is 4.11. The number of nitrogens with zero attached hydrogens (tertiary/aromatic N) is 4. The summed E-state index contributed by atoms with van der Waals surface area (Å²) in [6, 6.07) is 15.2. The molecule has 0 fully saturated rings. The summed E-state index contributed by atoms with van der Waals surface area (Å²) in [6.45, 7) is 1.33. The van der Waals surface area contributed by atoms with Crippen LogP contribution in [-0.4, -0.2) is 28.5 Å². The van der Waals surface area contributed by atoms with Crippen molar-refractivity contribution in [2.75, 3.05) is 13.8 Å². The minimum absolute atomic E-state index is 0.217. The van der Waals surface area contributed by atoms with Crippen LogP contribution in [0.1, 0.15) is 11.1 Å². The molecule has 0 radical (unpaired) electrons. The predicted molar refractivity (Wildman–Crippen MR) is 99.5 cm³/mol. The molecule has 3 aromatic rings. The van der Waals surface area contributed by atoms with Crippen LogP contribution in [0.5, 0.6) is 11.5 Å². The molecular weight excluding hydrogens is 364 g/mol. The fourth-order valence-corrected chi connectivity index (χ4v) is 3.05. The molecule has 0 saturated carbocycles. The van der Waals surface area contributed by atoms with Gasteiger partial charge in [0.25, 0.3) is 4.84 Å². The van der Waals surface area contributed by atoms with Gasteiger partial charge in [0.05, 0.1) is 18.3 Å². The van der Waals surface area contributed by atoms with Crippen LogP contribution in [0.3, 0.4) is 0 Å². The van der Waals surface area contributed by atoms with Gasteiger partial charge < -0.3 is 13.9 Å². The first kappa shape index (κ1) is 17.3. The highest BCUT2D eigenvalue weighted by atomic mass is 32.1. The van der Waals surface area contributed by atoms with Crippen LogP contribution in [0.25, 0.3) is 11.5 Å². The molecule has 8 heteroatoms. The predicted octanol–water partition coefficient (Wildman–Crippen LogP) is 3.56. The quantitative estimate of drug-likeness (QED) is 0.626. The summed E-state index contributed by atoms with van der Waals surface area (Å²) in [7, 11) is 1.95. The van der Waals surface area contributed by atoms with Crippen LogP contribution in [0.15, 0.2) is 46.9 Å². The lowest BCUT2D eigenvalue weighted by atomic mass is 10.1. The number of ether oxygens (including phenoxy) is 2. The molecule has 0 spiro atoms. The standard InChI is InChI=1S/C19H16N4O3S/c1-22(10-14-4-2-3-13(7-14)9-20)11-23-19(27)26-18(21-23)15-5-6-16-17(8-15)25-12-24-16/h2-8H,10-12H2,1H3. The lowest BCUT2D eigenvalue weighted by Gasteiger charge is -2.16. The minimum atomic E-state index is 0.217. The highest BCUT2D eigenvalue weighted by Gasteiger charge is 2.17. The van der Waals surface area contributed by atoms with Gasteiger partial charge in [-0.15, -0.1) is 5.10 Å². The summed E-state index contributed by atoms with van der Waals surface area (Å²) in [4.78, 5) is 2.33. The topological polar surface area (TPSA) is 76.5 Å². The SMILES string of the molecule is CN(Cc1cccc(C#N)c1)Cn1nc(-c2ccc3c(c2)OCO3)oc1=S. The third kappa shape index (κ3) is 3.69. The van der Waals surface area contributed by atoms with Gasteiger partial charge in [0.15, 0.2) is 11.5 Å². The molecule has 0 aliphatic carbocycles. The monoisotopic (exact) mass is 380 g/mol. The van der Waals surface area contributed by atoms with E-state index in [0.717, 1.165) is 11.1 Å². The molecule has 4 rings (SSSR count). The highest BCUT2D eigenvalue weighted by Crippen LogP contribution is 2.35. The third-order valence-corrected chi connectivity index (χ3v) is 4.40. The summed E-state index contributed by atoms with van der Waals surface area (Å²) in [5.41, 5.74) is 2.46. The van der Waals surface area contributed by atoms with Gasteiger partial charge in [-0.1, -0.05) is 12.1 Å². The van der Waals surface area contributed by atoms with E-state index in [1.807, 2.05) is 48.3 Å². The zero-order valence-corrected chi connectivity index (χ0v) is 15.4. The average molecular weight is 380 g/mol. The molecule has 0 N–H and O–H groups in total. The first-order valence-electron chi connectivity index (χ1n) is 8.28. The van der Waals surface area contributed by atoms with Crippen molar-refractivity contribution in [2.24, 2.45) is 0 Å². The van der Waals surface area contributed by atoms with E-state index in [1.54, 1.807) is 10.7 Å². The molecule has 2 heterocycles. The van der Waals surface area contributed by atoms with Crippen LogP contribution >= 0.6 is 12.2 Å². The number of benzene rings is 2. The van der Waals surface area contributed by atoms with Gasteiger partial charge in [-0.3, -0.25) is 4.90 Å². The zero-order chi connectivity index (χ0) is 18.8. The van der Waals surface area contributed by atoms with E-state index in [1.165, 1.54) is 0 Å². The lowest BCUT2D eigenvalue weighted by Crippen LogP contribution is -2.22. The molecule has 2 aromatic carbocycles. The molecule has 0 unspecified atom stereocenters. The molecule has 0 amide bonds. The maximum absolute atomic E-state index is 9.02. The second kappa shape index (κ2) is 7.23. The number of fused-ring (bicyclic) bond motifs is 1. The number of rotatable bonds is 5. The Bertz CT molecular complexity index is 1080. The van der Waals surface area contributed by atoms with Gasteiger partial charge in [-0.25, -0.2) is 4.68 Å². The van der Waals surface area contributed by atoms with E-state index in [0.29, 0.717) is 41.0 Å². The summed E-state index contributed by atoms with van der Waals surface area (Å²) < 4.78 is 18.0. The van der Waals surface area contributed by atoms with Crippen LogP contribution in [0, 0.1) is 16.2 Å². The number of nitriles is 1. The Morgan fingerprint density at radius 1 is 1.22 bits per heavy atom. The van der Waals surface area contributed by atoms with E-state index < -0.39 is 0 Å². The zero-order valence-electron chi connectivity index (χ0n) is 14.6. The lowest BCUT2D eigenvalue weighted by molar-refractivity contribution is 0.174. The first-order valence-corrected chi connectivity index (χ1v) is 8.69. The summed E-state index contributed by atoms with van der Waals surface area (Å²) in [6.07, 6.45) is 0. The molecule has 1 aromatic heterocycles. The van der Waals surface area contributed by atoms with Gasteiger partial charge in [0.1, 0.15) is 0 Å². The van der Waals surface area contributed by atoms with Crippen molar-refractivity contribution in [2.45, 2.75) is 13.2 Å². The number of hydrogen-bond acceptors (Lipinski definition) is 7. The van der Waals surface area contributed by atoms with E-state index in [-0.39, 0.29) is 6.79 Å². The van der Waals surface area contributed by atoms with Crippen molar-refractivity contribution in [3.8, 4) is 29.0 Å². The molecule has 1 aliphatic heterocycles. The summed E-state index contributed by atoms with van der Waals surface area (Å²) in [5, 5.41) is 13.5. The van der Waals surface area contributed by atoms with Gasteiger partial charge in [-0.2, -0.15) is 5.26 Å². The molecule has 0 atom stereocenters. The van der Waals surface area contributed by atoms with Crippen molar-refractivity contribution >= 4 is 12.2 Å². The minimum Gasteiger partial charge on any atom is -0.454 e. The van der Waals surface area contributed by atoms with Crippen molar-refractivity contribution in [3.05, 3.63) is 58.4 Å². The van der Waals surface area contributed by atoms with Crippen LogP contribution in [-0.2, 0) is 13.2 Å². The Labute approximate surface area is 161 Å². The molecule has 0 saturated heterocycles. The molecule has 1 aliphatic rings. The Hall–Kier alpha value is -3.15. The first-order chi connectivity index (χ1) is 13.1. The fraction of sp³-hybridized carbons (Fsp3) is 0.211. The second-order valence-electron chi connectivity index (χ2n) is 6.21. The van der Waals surface area contributed by atoms with Crippen LogP contribution in [0.2, 0.25) is 0 Å². The van der Waals surface area contributed by atoms with E-state index in [2.05, 4.69) is 11.2 Å². The Morgan fingerprint density at radius 2 is 2.07 bits per heavy atom. The number of aromatic nitrogens is 2. The molecule has 7 nitrogen and oxygen atoms in total. The summed E-state index contributed by atoms with van der Waals surface area (Å²) in [5.74, 6) is 1.80. The second-order valence-corrected chi connectivity index (χ2v) is 6.56. The molecular formula is C19H16N4O3S. The van der Waals surface area contributed by atoms with Gasteiger partial charge in [0, 0.05) is 12.1 Å². The smallest absolute Gasteiger partial charge is 0.288 e. The van der Waals surface area contributed by atoms with Gasteiger partial charge >= 0.3 is 0 Å². The maximum atomic E-state index is 9.02.